The van der Waals surface area contributed by atoms with Crippen LogP contribution in [0, 0.1) is 11.7 Å². The summed E-state index contributed by atoms with van der Waals surface area (Å²) in [5.74, 6) is -5.14. The van der Waals surface area contributed by atoms with E-state index in [9.17, 15) is 59.1 Å². The van der Waals surface area contributed by atoms with Crippen LogP contribution in [0.2, 0.25) is 0 Å². The highest BCUT2D eigenvalue weighted by atomic mass is 32.2. The summed E-state index contributed by atoms with van der Waals surface area (Å²) in [6, 6.07) is 5.51. The molecule has 9 N–H and O–H groups in total. The molecule has 3 fully saturated rings. The summed E-state index contributed by atoms with van der Waals surface area (Å²) in [6.07, 6.45) is -2.44. The molecule has 2 saturated heterocycles. The van der Waals surface area contributed by atoms with Crippen LogP contribution in [-0.2, 0) is 23.9 Å². The van der Waals surface area contributed by atoms with Crippen LogP contribution in [-0.4, -0.2) is 158 Å². The molecule has 20 nitrogen and oxygen atoms in total. The van der Waals surface area contributed by atoms with Gasteiger partial charge in [0.2, 0.25) is 29.1 Å². The fraction of sp³-hybridized carbons (Fsp3) is 0.523. The quantitative estimate of drug-likeness (QED) is 0.0839. The number of aliphatic hydroxyl groups excluding tert-OH is 4. The molecule has 2 aliphatic heterocycles. The maximum atomic E-state index is 15.5. The van der Waals surface area contributed by atoms with Gasteiger partial charge < -0.3 is 65.9 Å². The van der Waals surface area contributed by atoms with Gasteiger partial charge in [0.05, 0.1) is 24.4 Å². The molecular formula is C44H56FN7O13S. The highest BCUT2D eigenvalue weighted by Crippen LogP contribution is 2.38. The first-order valence-corrected chi connectivity index (χ1v) is 22.6. The Morgan fingerprint density at radius 1 is 0.864 bits per heavy atom. The van der Waals surface area contributed by atoms with Gasteiger partial charge in [-0.3, -0.25) is 28.8 Å². The lowest BCUT2D eigenvalue weighted by molar-refractivity contribution is -0.205. The van der Waals surface area contributed by atoms with Crippen molar-refractivity contribution in [3.8, 4) is 0 Å². The molecule has 22 heteroatoms. The molecule has 8 atom stereocenters. The van der Waals surface area contributed by atoms with Crippen molar-refractivity contribution in [2.45, 2.75) is 106 Å². The lowest BCUT2D eigenvalue weighted by Crippen LogP contribution is -2.57. The number of carboxylic acid groups (broad SMARTS) is 1. The third-order valence-corrected chi connectivity index (χ3v) is 12.8. The van der Waals surface area contributed by atoms with Crippen LogP contribution in [0.25, 0.3) is 10.9 Å². The number of piperazine rings is 1. The number of anilines is 1. The number of rotatable bonds is 17. The van der Waals surface area contributed by atoms with Crippen LogP contribution in [0.15, 0.2) is 52.3 Å². The zero-order valence-electron chi connectivity index (χ0n) is 36.8. The third kappa shape index (κ3) is 11.6. The fourth-order valence-corrected chi connectivity index (χ4v) is 8.88. The Bertz CT molecular complexity index is 2370. The minimum Gasteiger partial charge on any atom is -0.477 e. The van der Waals surface area contributed by atoms with Crippen molar-refractivity contribution in [1.29, 1.82) is 0 Å². The molecule has 1 aromatic heterocycles. The van der Waals surface area contributed by atoms with Gasteiger partial charge >= 0.3 is 5.97 Å². The number of halogens is 1. The van der Waals surface area contributed by atoms with Crippen molar-refractivity contribution >= 4 is 63.9 Å². The average Bonchev–Trinajstić information content (AvgIpc) is 4.14. The van der Waals surface area contributed by atoms with Crippen LogP contribution >= 0.6 is 11.8 Å². The van der Waals surface area contributed by atoms with Gasteiger partial charge in [-0.2, -0.15) is 0 Å². The Morgan fingerprint density at radius 3 is 2.14 bits per heavy atom. The molecular weight excluding hydrogens is 886 g/mol. The monoisotopic (exact) mass is 941 g/mol. The Hall–Kier alpha value is -5.65. The molecule has 6 rings (SSSR count). The number of amides is 5. The predicted molar refractivity (Wildman–Crippen MR) is 237 cm³/mol. The minimum absolute atomic E-state index is 0.00549. The van der Waals surface area contributed by atoms with E-state index in [1.165, 1.54) is 37.1 Å². The molecule has 3 aromatic rings. The zero-order chi connectivity index (χ0) is 48.1. The van der Waals surface area contributed by atoms with Crippen LogP contribution in [0.4, 0.5) is 10.1 Å². The number of hydrogen-bond acceptors (Lipinski definition) is 14. The van der Waals surface area contributed by atoms with Crippen molar-refractivity contribution in [3.63, 3.8) is 0 Å². The number of carbonyl (C=O) groups is 6. The van der Waals surface area contributed by atoms with Crippen molar-refractivity contribution in [2.75, 3.05) is 44.2 Å². The van der Waals surface area contributed by atoms with E-state index in [1.54, 1.807) is 27.7 Å². The first-order chi connectivity index (χ1) is 31.3. The fourth-order valence-electron chi connectivity index (χ4n) is 7.82. The number of fused-ring (bicyclic) bond motifs is 1. The number of benzene rings is 2. The summed E-state index contributed by atoms with van der Waals surface area (Å²) in [5, 5.41) is 59.6. The maximum absolute atomic E-state index is 15.5. The van der Waals surface area contributed by atoms with E-state index in [-0.39, 0.29) is 61.2 Å². The maximum Gasteiger partial charge on any atom is 0.341 e. The summed E-state index contributed by atoms with van der Waals surface area (Å²) in [4.78, 5) is 94.2. The highest BCUT2D eigenvalue weighted by molar-refractivity contribution is 7.99. The molecule has 3 heterocycles. The lowest BCUT2D eigenvalue weighted by atomic mass is 10.0. The van der Waals surface area contributed by atoms with E-state index < -0.39 is 113 Å². The minimum atomic E-state index is -1.54. The summed E-state index contributed by atoms with van der Waals surface area (Å²) < 4.78 is 22.7. The smallest absolute Gasteiger partial charge is 0.341 e. The van der Waals surface area contributed by atoms with E-state index in [0.717, 1.165) is 30.7 Å². The van der Waals surface area contributed by atoms with Gasteiger partial charge in [-0.15, -0.1) is 0 Å². The first kappa shape index (κ1) is 49.8. The predicted octanol–water partition coefficient (Wildman–Crippen LogP) is -0.315. The number of aliphatic hydroxyl groups is 4. The molecule has 0 unspecified atom stereocenters. The number of hydrogen-bond donors (Lipinski definition) is 9. The van der Waals surface area contributed by atoms with Crippen LogP contribution in [0.5, 0.6) is 0 Å². The molecule has 5 amide bonds. The van der Waals surface area contributed by atoms with Crippen molar-refractivity contribution in [2.24, 2.45) is 5.92 Å². The molecule has 3 aliphatic rings. The number of nitrogens with one attached hydrogen (secondary N) is 4. The normalized spacial score (nSPS) is 22.3. The molecule has 1 saturated carbocycles. The SMILES string of the molecule is CC(C)C[C@H](NC(=O)CNC(=O)[C@H](C)NC(=O)c1ccc(S[C@@H]2O[C@H](CO)[C@H](O)[C@H](O)[C@H]2O)cc1)C(=O)N[C@@H](C)C(=O)N1CCN(c2cc3c(cc2F)c(=O)c(C(=O)O)cn3C2CC2)CC1. The number of aromatic nitrogens is 1. The molecule has 0 bridgehead atoms. The molecule has 0 spiro atoms. The van der Waals surface area contributed by atoms with Gasteiger partial charge in [0.1, 0.15) is 59.4 Å². The molecule has 0 radical (unpaired) electrons. The molecule has 1 aliphatic carbocycles. The summed E-state index contributed by atoms with van der Waals surface area (Å²) in [5.41, 5.74) is -1.38. The van der Waals surface area contributed by atoms with Crippen LogP contribution < -0.4 is 31.6 Å². The number of pyridine rings is 1. The second-order valence-corrected chi connectivity index (χ2v) is 18.4. The van der Waals surface area contributed by atoms with Crippen LogP contribution in [0.3, 0.4) is 0 Å². The van der Waals surface area contributed by atoms with Gasteiger partial charge in [0.25, 0.3) is 5.91 Å². The van der Waals surface area contributed by atoms with Crippen molar-refractivity contribution < 1.29 is 63.4 Å². The highest BCUT2D eigenvalue weighted by Gasteiger charge is 2.44. The topological polar surface area (TPSA) is 289 Å². The number of carbonyl (C=O) groups excluding carboxylic acids is 5. The van der Waals surface area contributed by atoms with E-state index >= 15 is 4.39 Å². The first-order valence-electron chi connectivity index (χ1n) is 21.7. The third-order valence-electron chi connectivity index (χ3n) is 11.7. The summed E-state index contributed by atoms with van der Waals surface area (Å²) in [7, 11) is 0. The Labute approximate surface area is 382 Å². The molecule has 66 heavy (non-hydrogen) atoms. The van der Waals surface area contributed by atoms with Crippen molar-refractivity contribution in [1.82, 2.24) is 30.7 Å². The second-order valence-electron chi connectivity index (χ2n) is 17.2. The number of aromatic carboxylic acids is 1. The largest absolute Gasteiger partial charge is 0.477 e. The average molecular weight is 942 g/mol. The zero-order valence-corrected chi connectivity index (χ0v) is 37.6. The molecule has 2 aromatic carbocycles. The van der Waals surface area contributed by atoms with Crippen molar-refractivity contribution in [3.05, 3.63) is 69.8 Å². The van der Waals surface area contributed by atoms with E-state index in [4.69, 9.17) is 4.74 Å². The number of thioether (sulfide) groups is 1. The lowest BCUT2D eigenvalue weighted by Gasteiger charge is -2.39. The summed E-state index contributed by atoms with van der Waals surface area (Å²) >= 11 is 1.01. The number of ether oxygens (including phenoxy) is 1. The van der Waals surface area contributed by atoms with E-state index in [2.05, 4.69) is 21.3 Å². The Kier molecular flexibility index (Phi) is 16.1. The Morgan fingerprint density at radius 2 is 1.53 bits per heavy atom. The summed E-state index contributed by atoms with van der Waals surface area (Å²) in [6.45, 7) is 6.37. The van der Waals surface area contributed by atoms with Gasteiger partial charge in [-0.1, -0.05) is 25.6 Å². The second kappa shape index (κ2) is 21.3. The standard InChI is InChI=1S/C44H56FN7O13S/c1-21(2)15-30(49-34(54)18-46-39(59)22(3)47-40(60)24-5-9-26(10-6-24)66-44-38(58)37(57)36(56)33(20-53)65-44)41(61)48-23(4)42(62)51-13-11-50(12-14-51)32-17-31-27(16-29(32)45)35(55)28(43(63)64)19-52(31)25-7-8-25/h5-6,9-10,16-17,19,21-23,25,30,33,36-38,44,53,56-58H,7-8,11-15,18,20H2,1-4H3,(H,46,59)(H,47,60)(H,48,61)(H,49,54)(H,63,64)/t22-,23-,30-,33+,36-,37-,38+,44-/m0/s1. The van der Waals surface area contributed by atoms with E-state index in [1.807, 2.05) is 13.8 Å². The number of carboxylic acids is 1. The number of nitrogens with zero attached hydrogens (tertiary/aromatic N) is 3. The van der Waals surface area contributed by atoms with Gasteiger partial charge in [-0.25, -0.2) is 9.18 Å². The van der Waals surface area contributed by atoms with Gasteiger partial charge in [0, 0.05) is 54.3 Å². The van der Waals surface area contributed by atoms with Gasteiger partial charge in [0.15, 0.2) is 0 Å². The van der Waals surface area contributed by atoms with E-state index in [0.29, 0.717) is 10.4 Å². The van der Waals surface area contributed by atoms with Gasteiger partial charge in [-0.05, 0) is 75.4 Å². The Balaban J connectivity index is 0.962. The molecule has 358 valence electrons. The van der Waals surface area contributed by atoms with Crippen LogP contribution in [0.1, 0.15) is 73.7 Å².